The van der Waals surface area contributed by atoms with Crippen molar-refractivity contribution in [1.29, 1.82) is 0 Å². The lowest BCUT2D eigenvalue weighted by atomic mass is 10.0. The van der Waals surface area contributed by atoms with Gasteiger partial charge in [0.2, 0.25) is 0 Å². The smallest absolute Gasteiger partial charge is 0.0862 e. The van der Waals surface area contributed by atoms with Gasteiger partial charge in [0.05, 0.1) is 6.10 Å². The summed E-state index contributed by atoms with van der Waals surface area (Å²) >= 11 is 0. The van der Waals surface area contributed by atoms with Crippen LogP contribution < -0.4 is 0 Å². The zero-order valence-corrected chi connectivity index (χ0v) is 10.4. The van der Waals surface area contributed by atoms with Crippen molar-refractivity contribution < 1.29 is 5.11 Å². The van der Waals surface area contributed by atoms with E-state index in [1.54, 1.807) is 0 Å². The van der Waals surface area contributed by atoms with Gasteiger partial charge in [-0.15, -0.1) is 0 Å². The van der Waals surface area contributed by atoms with Gasteiger partial charge in [0.15, 0.2) is 0 Å². The fourth-order valence-corrected chi connectivity index (χ4v) is 1.52. The Morgan fingerprint density at radius 3 is 2.65 bits per heavy atom. The first-order valence-electron chi connectivity index (χ1n) is 6.18. The molecule has 1 aromatic rings. The molecule has 1 nitrogen and oxygen atoms in total. The molecule has 1 N–H and O–H groups in total. The first kappa shape index (κ1) is 13.5. The standard InChI is InChI=1S/C16H20O/c1-3-4-6-11-16(17)14(2)12-13-15-9-7-5-8-10-15/h5,7-10,16-17H,2-4,6,11H2,1H3. The molecule has 17 heavy (non-hydrogen) atoms. The number of unbranched alkanes of at least 4 members (excludes halogenated alkanes) is 2. The maximum absolute atomic E-state index is 9.82. The van der Waals surface area contributed by atoms with Crippen molar-refractivity contribution in [3.63, 3.8) is 0 Å². The second-order valence-electron chi connectivity index (χ2n) is 4.15. The van der Waals surface area contributed by atoms with Gasteiger partial charge in [0.1, 0.15) is 0 Å². The topological polar surface area (TPSA) is 20.2 Å². The highest BCUT2D eigenvalue weighted by Crippen LogP contribution is 2.09. The monoisotopic (exact) mass is 228 g/mol. The summed E-state index contributed by atoms with van der Waals surface area (Å²) in [6.07, 6.45) is 3.61. The summed E-state index contributed by atoms with van der Waals surface area (Å²) in [5.74, 6) is 5.94. The minimum absolute atomic E-state index is 0.488. The zero-order chi connectivity index (χ0) is 12.5. The van der Waals surface area contributed by atoms with Crippen LogP contribution in [0.4, 0.5) is 0 Å². The van der Waals surface area contributed by atoms with Crippen molar-refractivity contribution in [2.24, 2.45) is 0 Å². The van der Waals surface area contributed by atoms with Crippen LogP contribution in [0.15, 0.2) is 42.5 Å². The largest absolute Gasteiger partial charge is 0.388 e. The number of rotatable bonds is 5. The van der Waals surface area contributed by atoms with Crippen LogP contribution in [0, 0.1) is 11.8 Å². The van der Waals surface area contributed by atoms with E-state index in [0.717, 1.165) is 31.2 Å². The number of benzene rings is 1. The highest BCUT2D eigenvalue weighted by Gasteiger charge is 2.05. The Bertz CT molecular complexity index is 395. The Morgan fingerprint density at radius 2 is 2.00 bits per heavy atom. The summed E-state index contributed by atoms with van der Waals surface area (Å²) in [5, 5.41) is 9.82. The molecule has 0 radical (unpaired) electrons. The molecular formula is C16H20O. The van der Waals surface area contributed by atoms with E-state index in [1.807, 2.05) is 30.3 Å². The highest BCUT2D eigenvalue weighted by molar-refractivity contribution is 5.40. The van der Waals surface area contributed by atoms with Gasteiger partial charge in [0.25, 0.3) is 0 Å². The Balaban J connectivity index is 2.46. The van der Waals surface area contributed by atoms with Crippen molar-refractivity contribution in [1.82, 2.24) is 0 Å². The summed E-state index contributed by atoms with van der Waals surface area (Å²) in [4.78, 5) is 0. The SMILES string of the molecule is C=C(C#Cc1ccccc1)C(O)CCCCC. The van der Waals surface area contributed by atoms with Crippen LogP contribution in [0.5, 0.6) is 0 Å². The van der Waals surface area contributed by atoms with Crippen molar-refractivity contribution in [3.05, 3.63) is 48.0 Å². The molecule has 0 saturated carbocycles. The zero-order valence-electron chi connectivity index (χ0n) is 10.4. The number of hydrogen-bond donors (Lipinski definition) is 1. The molecule has 1 aromatic carbocycles. The number of aliphatic hydroxyl groups excluding tert-OH is 1. The van der Waals surface area contributed by atoms with E-state index in [0.29, 0.717) is 5.57 Å². The minimum Gasteiger partial charge on any atom is -0.388 e. The van der Waals surface area contributed by atoms with Gasteiger partial charge in [-0.3, -0.25) is 0 Å². The van der Waals surface area contributed by atoms with Gasteiger partial charge in [0, 0.05) is 11.1 Å². The molecule has 1 atom stereocenters. The average Bonchev–Trinajstić information content (AvgIpc) is 2.37. The molecule has 0 aliphatic rings. The van der Waals surface area contributed by atoms with E-state index in [1.165, 1.54) is 0 Å². The lowest BCUT2D eigenvalue weighted by molar-refractivity contribution is 0.201. The summed E-state index contributed by atoms with van der Waals surface area (Å²) in [5.41, 5.74) is 1.57. The predicted molar refractivity (Wildman–Crippen MR) is 72.6 cm³/mol. The number of hydrogen-bond acceptors (Lipinski definition) is 1. The third-order valence-electron chi connectivity index (χ3n) is 2.62. The van der Waals surface area contributed by atoms with Gasteiger partial charge < -0.3 is 5.11 Å². The molecule has 0 aliphatic carbocycles. The molecule has 0 aromatic heterocycles. The normalized spacial score (nSPS) is 11.4. The van der Waals surface area contributed by atoms with Crippen LogP contribution in [-0.2, 0) is 0 Å². The lowest BCUT2D eigenvalue weighted by Crippen LogP contribution is -2.07. The van der Waals surface area contributed by atoms with Crippen LogP contribution in [0.1, 0.15) is 38.2 Å². The van der Waals surface area contributed by atoms with Crippen molar-refractivity contribution >= 4 is 0 Å². The van der Waals surface area contributed by atoms with Crippen LogP contribution in [0.25, 0.3) is 0 Å². The molecule has 0 spiro atoms. The first-order chi connectivity index (χ1) is 8.24. The lowest BCUT2D eigenvalue weighted by Gasteiger charge is -2.07. The summed E-state index contributed by atoms with van der Waals surface area (Å²) < 4.78 is 0. The third-order valence-corrected chi connectivity index (χ3v) is 2.62. The molecule has 90 valence electrons. The Morgan fingerprint density at radius 1 is 1.29 bits per heavy atom. The second-order valence-corrected chi connectivity index (χ2v) is 4.15. The van der Waals surface area contributed by atoms with Gasteiger partial charge in [-0.1, -0.05) is 62.8 Å². The highest BCUT2D eigenvalue weighted by atomic mass is 16.3. The van der Waals surface area contributed by atoms with E-state index in [-0.39, 0.29) is 0 Å². The minimum atomic E-state index is -0.488. The van der Waals surface area contributed by atoms with Gasteiger partial charge in [-0.05, 0) is 18.6 Å². The van der Waals surface area contributed by atoms with Crippen LogP contribution in [0.2, 0.25) is 0 Å². The van der Waals surface area contributed by atoms with E-state index in [9.17, 15) is 5.11 Å². The Labute approximate surface area is 104 Å². The van der Waals surface area contributed by atoms with Crippen LogP contribution >= 0.6 is 0 Å². The van der Waals surface area contributed by atoms with Gasteiger partial charge in [-0.25, -0.2) is 0 Å². The quantitative estimate of drug-likeness (QED) is 0.603. The van der Waals surface area contributed by atoms with Crippen molar-refractivity contribution in [2.45, 2.75) is 38.7 Å². The maximum Gasteiger partial charge on any atom is 0.0862 e. The summed E-state index contributed by atoms with van der Waals surface area (Å²) in [7, 11) is 0. The van der Waals surface area contributed by atoms with E-state index >= 15 is 0 Å². The second kappa shape index (κ2) is 7.70. The Hall–Kier alpha value is -1.52. The number of aliphatic hydroxyl groups is 1. The van der Waals surface area contributed by atoms with E-state index < -0.39 is 6.10 Å². The molecule has 0 heterocycles. The average molecular weight is 228 g/mol. The van der Waals surface area contributed by atoms with Crippen LogP contribution in [0.3, 0.4) is 0 Å². The van der Waals surface area contributed by atoms with Crippen LogP contribution in [-0.4, -0.2) is 11.2 Å². The van der Waals surface area contributed by atoms with E-state index in [4.69, 9.17) is 0 Å². The molecule has 1 heteroatoms. The fraction of sp³-hybridized carbons (Fsp3) is 0.375. The van der Waals surface area contributed by atoms with Gasteiger partial charge >= 0.3 is 0 Å². The van der Waals surface area contributed by atoms with Crippen molar-refractivity contribution in [2.75, 3.05) is 0 Å². The molecule has 0 fully saturated rings. The first-order valence-corrected chi connectivity index (χ1v) is 6.18. The van der Waals surface area contributed by atoms with Crippen molar-refractivity contribution in [3.8, 4) is 11.8 Å². The molecule has 1 rings (SSSR count). The Kier molecular flexibility index (Phi) is 6.14. The van der Waals surface area contributed by atoms with Gasteiger partial charge in [-0.2, -0.15) is 0 Å². The summed E-state index contributed by atoms with van der Waals surface area (Å²) in [6, 6.07) is 9.75. The summed E-state index contributed by atoms with van der Waals surface area (Å²) in [6.45, 7) is 5.97. The maximum atomic E-state index is 9.82. The molecule has 0 amide bonds. The third kappa shape index (κ3) is 5.38. The van der Waals surface area contributed by atoms with E-state index in [2.05, 4.69) is 25.3 Å². The predicted octanol–water partition coefficient (Wildman–Crippen LogP) is 3.54. The fourth-order valence-electron chi connectivity index (χ4n) is 1.52. The molecular weight excluding hydrogens is 208 g/mol. The molecule has 0 saturated heterocycles. The molecule has 1 unspecified atom stereocenters. The molecule has 0 aliphatic heterocycles. The molecule has 0 bridgehead atoms.